The number of halogens is 6. The number of hydrogen-bond donors (Lipinski definition) is 1. The average molecular weight is 588 g/mol. The van der Waals surface area contributed by atoms with Crippen LogP contribution in [-0.2, 0) is 12.8 Å². The first-order valence-corrected chi connectivity index (χ1v) is 12.6. The molecule has 1 N–H and O–H groups in total. The van der Waals surface area contributed by atoms with Gasteiger partial charge in [0, 0.05) is 29.3 Å². The first-order valence-electron chi connectivity index (χ1n) is 12.6. The smallest absolute Gasteiger partial charge is 0.435 e. The molecule has 0 atom stereocenters. The molecule has 0 aliphatic carbocycles. The SMILES string of the molecule is Cc1nc(-c2ccc(OC(F)F)cc2)c(-c2cc(-c3cc(C)c(CO)c(F)c3)ccc2-n2nc(C(F)(F)F)cc2C)o1. The van der Waals surface area contributed by atoms with Crippen molar-refractivity contribution in [2.24, 2.45) is 0 Å². The van der Waals surface area contributed by atoms with Crippen molar-refractivity contribution in [1.29, 1.82) is 0 Å². The maximum absolute atomic E-state index is 14.8. The van der Waals surface area contributed by atoms with Crippen LogP contribution in [0.25, 0.3) is 39.4 Å². The lowest BCUT2D eigenvalue weighted by Crippen LogP contribution is -2.08. The Morgan fingerprint density at radius 2 is 1.62 bits per heavy atom. The van der Waals surface area contributed by atoms with Gasteiger partial charge in [-0.2, -0.15) is 27.1 Å². The molecule has 2 heterocycles. The summed E-state index contributed by atoms with van der Waals surface area (Å²) < 4.78 is 92.2. The van der Waals surface area contributed by atoms with Gasteiger partial charge in [0.2, 0.25) is 0 Å². The Morgan fingerprint density at radius 3 is 2.21 bits per heavy atom. The van der Waals surface area contributed by atoms with E-state index in [9.17, 15) is 31.4 Å². The highest BCUT2D eigenvalue weighted by molar-refractivity contribution is 5.85. The predicted molar refractivity (Wildman–Crippen MR) is 142 cm³/mol. The second-order valence-corrected chi connectivity index (χ2v) is 9.54. The van der Waals surface area contributed by atoms with Crippen molar-refractivity contribution in [2.75, 3.05) is 0 Å². The third-order valence-corrected chi connectivity index (χ3v) is 6.64. The maximum atomic E-state index is 14.8. The second kappa shape index (κ2) is 11.0. The van der Waals surface area contributed by atoms with Crippen molar-refractivity contribution in [3.05, 3.63) is 94.9 Å². The van der Waals surface area contributed by atoms with E-state index in [0.717, 1.165) is 10.7 Å². The topological polar surface area (TPSA) is 73.3 Å². The quantitative estimate of drug-likeness (QED) is 0.195. The van der Waals surface area contributed by atoms with Crippen LogP contribution in [0.2, 0.25) is 0 Å². The summed E-state index contributed by atoms with van der Waals surface area (Å²) >= 11 is 0. The first kappa shape index (κ1) is 28.9. The minimum Gasteiger partial charge on any atom is -0.440 e. The Labute approximate surface area is 235 Å². The third kappa shape index (κ3) is 5.62. The van der Waals surface area contributed by atoms with Crippen LogP contribution in [0.5, 0.6) is 5.75 Å². The number of benzene rings is 3. The van der Waals surface area contributed by atoms with E-state index in [-0.39, 0.29) is 40.0 Å². The molecule has 0 fully saturated rings. The fourth-order valence-electron chi connectivity index (χ4n) is 4.68. The molecular formula is C30H23F6N3O3. The van der Waals surface area contributed by atoms with E-state index in [1.54, 1.807) is 38.1 Å². The second-order valence-electron chi connectivity index (χ2n) is 9.54. The standard InChI is InChI=1S/C30H23F6N3O3/c1-15-10-20(13-24(31)23(15)14-40)19-6-9-25(39-16(2)11-26(38-39)30(34,35)36)22(12-19)28-27(37-17(3)41-28)18-4-7-21(8-5-18)42-29(32)33/h4-13,29,40H,14H2,1-3H3. The van der Waals surface area contributed by atoms with Crippen molar-refractivity contribution in [1.82, 2.24) is 14.8 Å². The molecule has 3 aromatic carbocycles. The summed E-state index contributed by atoms with van der Waals surface area (Å²) in [6.45, 7) is 1.21. The van der Waals surface area contributed by atoms with E-state index in [1.165, 1.54) is 37.3 Å². The van der Waals surface area contributed by atoms with Crippen molar-refractivity contribution in [3.8, 4) is 45.1 Å². The first-order chi connectivity index (χ1) is 19.8. The Kier molecular flexibility index (Phi) is 7.58. The number of rotatable bonds is 7. The van der Waals surface area contributed by atoms with Crippen LogP contribution in [0.3, 0.4) is 0 Å². The molecule has 0 saturated carbocycles. The molecule has 0 spiro atoms. The minimum absolute atomic E-state index is 0.0752. The summed E-state index contributed by atoms with van der Waals surface area (Å²) in [5, 5.41) is 13.3. The molecule has 0 aliphatic rings. The molecular weight excluding hydrogens is 564 g/mol. The van der Waals surface area contributed by atoms with Crippen LogP contribution >= 0.6 is 0 Å². The van der Waals surface area contributed by atoms with Gasteiger partial charge in [0.1, 0.15) is 17.3 Å². The van der Waals surface area contributed by atoms with E-state index in [0.29, 0.717) is 27.8 Å². The number of alkyl halides is 5. The zero-order chi connectivity index (χ0) is 30.3. The van der Waals surface area contributed by atoms with Gasteiger partial charge in [-0.1, -0.05) is 12.1 Å². The van der Waals surface area contributed by atoms with Crippen LogP contribution in [0.4, 0.5) is 26.3 Å². The summed E-state index contributed by atoms with van der Waals surface area (Å²) in [5.41, 5.74) is 1.98. The third-order valence-electron chi connectivity index (χ3n) is 6.64. The van der Waals surface area contributed by atoms with Crippen LogP contribution in [-0.4, -0.2) is 26.5 Å². The normalized spacial score (nSPS) is 11.9. The summed E-state index contributed by atoms with van der Waals surface area (Å²) in [4.78, 5) is 4.45. The lowest BCUT2D eigenvalue weighted by molar-refractivity contribution is -0.141. The highest BCUT2D eigenvalue weighted by atomic mass is 19.4. The fraction of sp³-hybridized carbons (Fsp3) is 0.200. The van der Waals surface area contributed by atoms with Gasteiger partial charge in [0.05, 0.1) is 12.3 Å². The Bertz CT molecular complexity index is 1730. The lowest BCUT2D eigenvalue weighted by Gasteiger charge is -2.15. The molecule has 5 rings (SSSR count). The van der Waals surface area contributed by atoms with Gasteiger partial charge in [-0.05, 0) is 79.1 Å². The summed E-state index contributed by atoms with van der Waals surface area (Å²) in [7, 11) is 0. The van der Waals surface area contributed by atoms with Crippen LogP contribution in [0.15, 0.2) is 65.1 Å². The molecule has 42 heavy (non-hydrogen) atoms. The molecule has 5 aromatic rings. The Balaban J connectivity index is 1.73. The van der Waals surface area contributed by atoms with Crippen LogP contribution < -0.4 is 4.74 Å². The van der Waals surface area contributed by atoms with E-state index >= 15 is 0 Å². The number of aliphatic hydroxyl groups excluding tert-OH is 1. The molecule has 0 bridgehead atoms. The number of hydrogen-bond acceptors (Lipinski definition) is 5. The van der Waals surface area contributed by atoms with E-state index in [4.69, 9.17) is 4.42 Å². The molecule has 0 saturated heterocycles. The van der Waals surface area contributed by atoms with Gasteiger partial charge < -0.3 is 14.3 Å². The number of ether oxygens (including phenoxy) is 1. The number of aromatic nitrogens is 3. The molecule has 0 radical (unpaired) electrons. The van der Waals surface area contributed by atoms with Gasteiger partial charge in [0.25, 0.3) is 0 Å². The number of nitrogens with zero attached hydrogens (tertiary/aromatic N) is 3. The minimum atomic E-state index is -4.68. The average Bonchev–Trinajstić information content (AvgIpc) is 3.51. The number of aryl methyl sites for hydroxylation is 3. The monoisotopic (exact) mass is 587 g/mol. The van der Waals surface area contributed by atoms with Crippen molar-refractivity contribution < 1.29 is 40.6 Å². The van der Waals surface area contributed by atoms with E-state index < -0.39 is 30.9 Å². The molecule has 6 nitrogen and oxygen atoms in total. The highest BCUT2D eigenvalue weighted by Crippen LogP contribution is 2.40. The number of oxazole rings is 1. The van der Waals surface area contributed by atoms with Crippen molar-refractivity contribution in [3.63, 3.8) is 0 Å². The molecule has 0 unspecified atom stereocenters. The summed E-state index contributed by atoms with van der Waals surface area (Å²) in [5.74, 6) is -0.293. The van der Waals surface area contributed by atoms with Gasteiger partial charge in [0.15, 0.2) is 17.3 Å². The lowest BCUT2D eigenvalue weighted by atomic mass is 9.96. The Hall–Kier alpha value is -4.58. The predicted octanol–water partition coefficient (Wildman–Crippen LogP) is 8.04. The summed E-state index contributed by atoms with van der Waals surface area (Å²) in [6, 6.07) is 14.3. The van der Waals surface area contributed by atoms with Gasteiger partial charge >= 0.3 is 12.8 Å². The molecule has 218 valence electrons. The highest BCUT2D eigenvalue weighted by Gasteiger charge is 2.35. The van der Waals surface area contributed by atoms with Gasteiger partial charge in [-0.15, -0.1) is 0 Å². The summed E-state index contributed by atoms with van der Waals surface area (Å²) in [6.07, 6.45) is -4.68. The van der Waals surface area contributed by atoms with Gasteiger partial charge in [-0.3, -0.25) is 0 Å². The largest absolute Gasteiger partial charge is 0.440 e. The fourth-order valence-corrected chi connectivity index (χ4v) is 4.68. The molecule has 12 heteroatoms. The van der Waals surface area contributed by atoms with E-state index in [2.05, 4.69) is 14.8 Å². The molecule has 2 aromatic heterocycles. The van der Waals surface area contributed by atoms with Crippen molar-refractivity contribution in [2.45, 2.75) is 40.2 Å². The van der Waals surface area contributed by atoms with Crippen LogP contribution in [0, 0.1) is 26.6 Å². The van der Waals surface area contributed by atoms with Crippen LogP contribution in [0.1, 0.15) is 28.4 Å². The van der Waals surface area contributed by atoms with Gasteiger partial charge in [-0.25, -0.2) is 14.1 Å². The zero-order valence-electron chi connectivity index (χ0n) is 22.4. The Morgan fingerprint density at radius 1 is 0.929 bits per heavy atom. The maximum Gasteiger partial charge on any atom is 0.435 e. The molecule has 0 aliphatic heterocycles. The van der Waals surface area contributed by atoms with Crippen molar-refractivity contribution >= 4 is 0 Å². The zero-order valence-corrected chi connectivity index (χ0v) is 22.4. The molecule has 0 amide bonds. The van der Waals surface area contributed by atoms with E-state index in [1.807, 2.05) is 0 Å². The number of aliphatic hydroxyl groups is 1.